The Morgan fingerprint density at radius 2 is 2.11 bits per heavy atom. The van der Waals surface area contributed by atoms with Crippen LogP contribution in [-0.4, -0.2) is 24.0 Å². The minimum Gasteiger partial charge on any atom is -0.468 e. The summed E-state index contributed by atoms with van der Waals surface area (Å²) in [4.78, 5) is 27.6. The van der Waals surface area contributed by atoms with E-state index in [0.29, 0.717) is 16.8 Å². The first-order valence-electron chi connectivity index (χ1n) is 5.68. The third kappa shape index (κ3) is 2.42. The van der Waals surface area contributed by atoms with Gasteiger partial charge in [-0.25, -0.2) is 4.98 Å². The number of anilines is 1. The summed E-state index contributed by atoms with van der Waals surface area (Å²) >= 11 is 0. The quantitative estimate of drug-likeness (QED) is 0.675. The average molecular weight is 262 g/mol. The minimum atomic E-state index is -1.26. The Morgan fingerprint density at radius 3 is 2.79 bits per heavy atom. The van der Waals surface area contributed by atoms with E-state index in [1.165, 1.54) is 27.4 Å². The molecular weight excluding hydrogens is 248 g/mol. The Labute approximate surface area is 109 Å². The van der Waals surface area contributed by atoms with Gasteiger partial charge in [-0.3, -0.25) is 9.59 Å². The molecular formula is C13H14N2O4. The molecule has 1 heterocycles. The lowest BCUT2D eigenvalue weighted by Crippen LogP contribution is -2.38. The van der Waals surface area contributed by atoms with E-state index in [9.17, 15) is 9.59 Å². The number of amides is 1. The second kappa shape index (κ2) is 4.72. The van der Waals surface area contributed by atoms with Crippen LogP contribution >= 0.6 is 0 Å². The van der Waals surface area contributed by atoms with Gasteiger partial charge in [-0.2, -0.15) is 0 Å². The van der Waals surface area contributed by atoms with E-state index in [4.69, 9.17) is 4.42 Å². The molecule has 0 atom stereocenters. The van der Waals surface area contributed by atoms with Crippen molar-refractivity contribution in [3.05, 3.63) is 24.6 Å². The number of aromatic nitrogens is 1. The molecule has 1 aromatic carbocycles. The van der Waals surface area contributed by atoms with Gasteiger partial charge in [0.25, 0.3) is 0 Å². The second-order valence-corrected chi connectivity index (χ2v) is 4.61. The topological polar surface area (TPSA) is 81.4 Å². The number of rotatable bonds is 3. The van der Waals surface area contributed by atoms with Gasteiger partial charge in [0, 0.05) is 11.8 Å². The highest BCUT2D eigenvalue weighted by Crippen LogP contribution is 2.22. The Morgan fingerprint density at radius 1 is 1.37 bits per heavy atom. The number of hydrogen-bond acceptors (Lipinski definition) is 5. The van der Waals surface area contributed by atoms with Crippen LogP contribution in [0.4, 0.5) is 5.69 Å². The zero-order valence-corrected chi connectivity index (χ0v) is 10.9. The fraction of sp³-hybridized carbons (Fsp3) is 0.308. The Bertz CT molecular complexity index is 630. The van der Waals surface area contributed by atoms with Crippen molar-refractivity contribution < 1.29 is 18.7 Å². The number of ether oxygens (including phenoxy) is 1. The summed E-state index contributed by atoms with van der Waals surface area (Å²) in [5.74, 6) is -1.04. The van der Waals surface area contributed by atoms with Crippen molar-refractivity contribution in [1.82, 2.24) is 4.98 Å². The molecule has 1 N–H and O–H groups in total. The Balaban J connectivity index is 2.20. The van der Waals surface area contributed by atoms with Gasteiger partial charge in [0.05, 0.1) is 7.11 Å². The van der Waals surface area contributed by atoms with Crippen LogP contribution in [0.25, 0.3) is 11.1 Å². The monoisotopic (exact) mass is 262 g/mol. The SMILES string of the molecule is COC(=O)C(C)(C)C(=O)Nc1ccc2ncoc2c1. The molecule has 0 fully saturated rings. The summed E-state index contributed by atoms with van der Waals surface area (Å²) < 4.78 is 9.74. The number of nitrogens with one attached hydrogen (secondary N) is 1. The predicted molar refractivity (Wildman–Crippen MR) is 68.4 cm³/mol. The number of oxazole rings is 1. The lowest BCUT2D eigenvalue weighted by atomic mass is 9.92. The van der Waals surface area contributed by atoms with Gasteiger partial charge in [-0.15, -0.1) is 0 Å². The number of carbonyl (C=O) groups is 2. The number of esters is 1. The first kappa shape index (κ1) is 13.1. The van der Waals surface area contributed by atoms with Crippen LogP contribution in [0.15, 0.2) is 29.0 Å². The first-order chi connectivity index (χ1) is 8.95. The maximum atomic E-state index is 12.1. The molecule has 0 aliphatic carbocycles. The summed E-state index contributed by atoms with van der Waals surface area (Å²) in [6.45, 7) is 3.00. The van der Waals surface area contributed by atoms with E-state index in [1.54, 1.807) is 18.2 Å². The molecule has 1 amide bonds. The number of benzene rings is 1. The summed E-state index contributed by atoms with van der Waals surface area (Å²) in [7, 11) is 1.25. The largest absolute Gasteiger partial charge is 0.468 e. The molecule has 2 aromatic rings. The molecule has 6 nitrogen and oxygen atoms in total. The van der Waals surface area contributed by atoms with Crippen molar-refractivity contribution in [3.8, 4) is 0 Å². The maximum absolute atomic E-state index is 12.1. The normalized spacial score (nSPS) is 11.3. The number of hydrogen-bond donors (Lipinski definition) is 1. The second-order valence-electron chi connectivity index (χ2n) is 4.61. The lowest BCUT2D eigenvalue weighted by molar-refractivity contribution is -0.154. The van der Waals surface area contributed by atoms with E-state index in [-0.39, 0.29) is 0 Å². The number of carbonyl (C=O) groups excluding carboxylic acids is 2. The zero-order valence-electron chi connectivity index (χ0n) is 10.9. The van der Waals surface area contributed by atoms with Crippen LogP contribution < -0.4 is 5.32 Å². The van der Waals surface area contributed by atoms with Crippen molar-refractivity contribution in [1.29, 1.82) is 0 Å². The van der Waals surface area contributed by atoms with Crippen molar-refractivity contribution in [2.75, 3.05) is 12.4 Å². The smallest absolute Gasteiger partial charge is 0.320 e. The standard InChI is InChI=1S/C13H14N2O4/c1-13(2,12(17)18-3)11(16)15-8-4-5-9-10(6-8)19-7-14-9/h4-7H,1-3H3,(H,15,16). The number of nitrogens with zero attached hydrogens (tertiary/aromatic N) is 1. The molecule has 6 heteroatoms. The Hall–Kier alpha value is -2.37. The molecule has 0 unspecified atom stereocenters. The highest BCUT2D eigenvalue weighted by Gasteiger charge is 2.37. The van der Waals surface area contributed by atoms with E-state index in [0.717, 1.165) is 0 Å². The van der Waals surface area contributed by atoms with Crippen molar-refractivity contribution in [2.24, 2.45) is 5.41 Å². The molecule has 0 saturated carbocycles. The molecule has 0 spiro atoms. The maximum Gasteiger partial charge on any atom is 0.320 e. The van der Waals surface area contributed by atoms with Crippen LogP contribution in [0.2, 0.25) is 0 Å². The predicted octanol–water partition coefficient (Wildman–Crippen LogP) is 1.97. The minimum absolute atomic E-state index is 0.446. The van der Waals surface area contributed by atoms with Crippen LogP contribution in [0.1, 0.15) is 13.8 Å². The van der Waals surface area contributed by atoms with Gasteiger partial charge in [-0.1, -0.05) is 0 Å². The molecule has 19 heavy (non-hydrogen) atoms. The van der Waals surface area contributed by atoms with Crippen molar-refractivity contribution >= 4 is 28.7 Å². The third-order valence-corrected chi connectivity index (χ3v) is 2.85. The van der Waals surface area contributed by atoms with Crippen molar-refractivity contribution in [3.63, 3.8) is 0 Å². The van der Waals surface area contributed by atoms with Crippen molar-refractivity contribution in [2.45, 2.75) is 13.8 Å². The highest BCUT2D eigenvalue weighted by molar-refractivity contribution is 6.08. The number of methoxy groups -OCH3 is 1. The summed E-state index contributed by atoms with van der Waals surface area (Å²) in [5.41, 5.74) is 0.538. The fourth-order valence-electron chi connectivity index (χ4n) is 1.57. The molecule has 0 aliphatic heterocycles. The molecule has 0 bridgehead atoms. The highest BCUT2D eigenvalue weighted by atomic mass is 16.5. The average Bonchev–Trinajstić information content (AvgIpc) is 2.84. The van der Waals surface area contributed by atoms with Crippen LogP contribution in [0, 0.1) is 5.41 Å². The molecule has 0 saturated heterocycles. The van der Waals surface area contributed by atoms with E-state index < -0.39 is 17.3 Å². The Kier molecular flexibility index (Phi) is 3.25. The van der Waals surface area contributed by atoms with E-state index in [2.05, 4.69) is 15.0 Å². The molecule has 0 radical (unpaired) electrons. The summed E-state index contributed by atoms with van der Waals surface area (Å²) in [6, 6.07) is 5.06. The van der Waals surface area contributed by atoms with E-state index in [1.807, 2.05) is 0 Å². The molecule has 100 valence electrons. The fourth-order valence-corrected chi connectivity index (χ4v) is 1.57. The van der Waals surface area contributed by atoms with Crippen LogP contribution in [-0.2, 0) is 14.3 Å². The third-order valence-electron chi connectivity index (χ3n) is 2.85. The van der Waals surface area contributed by atoms with Gasteiger partial charge in [-0.05, 0) is 26.0 Å². The summed E-state index contributed by atoms with van der Waals surface area (Å²) in [6.07, 6.45) is 1.33. The van der Waals surface area contributed by atoms with Gasteiger partial charge in [0.1, 0.15) is 10.9 Å². The van der Waals surface area contributed by atoms with E-state index >= 15 is 0 Å². The van der Waals surface area contributed by atoms with Crippen LogP contribution in [0.3, 0.4) is 0 Å². The lowest BCUT2D eigenvalue weighted by Gasteiger charge is -2.20. The number of fused-ring (bicyclic) bond motifs is 1. The van der Waals surface area contributed by atoms with Gasteiger partial charge in [0.15, 0.2) is 12.0 Å². The summed E-state index contributed by atoms with van der Waals surface area (Å²) in [5, 5.41) is 2.65. The molecule has 0 aliphatic rings. The van der Waals surface area contributed by atoms with Gasteiger partial charge >= 0.3 is 5.97 Å². The molecule has 1 aromatic heterocycles. The van der Waals surface area contributed by atoms with Gasteiger partial charge in [0.2, 0.25) is 5.91 Å². The molecule has 2 rings (SSSR count). The zero-order chi connectivity index (χ0) is 14.0. The van der Waals surface area contributed by atoms with Crippen LogP contribution in [0.5, 0.6) is 0 Å². The first-order valence-corrected chi connectivity index (χ1v) is 5.68. The van der Waals surface area contributed by atoms with Gasteiger partial charge < -0.3 is 14.5 Å².